The van der Waals surface area contributed by atoms with Gasteiger partial charge in [0, 0.05) is 32.9 Å². The molecule has 5 aromatic rings. The first kappa shape index (κ1) is 23.6. The van der Waals surface area contributed by atoms with E-state index in [1.807, 2.05) is 18.2 Å². The van der Waals surface area contributed by atoms with Gasteiger partial charge in [-0.05, 0) is 82.8 Å². The van der Waals surface area contributed by atoms with Crippen molar-refractivity contribution in [2.45, 2.75) is 24.8 Å². The van der Waals surface area contributed by atoms with Crippen LogP contribution in [0.25, 0.3) is 22.0 Å². The Kier molecular flexibility index (Phi) is 6.41. The molecule has 176 valence electrons. The number of hydrogen-bond donors (Lipinski definition) is 1. The molecule has 8 heteroatoms. The predicted octanol–water partition coefficient (Wildman–Crippen LogP) is 5.52. The smallest absolute Gasteiger partial charge is 0.349 e. The van der Waals surface area contributed by atoms with Crippen molar-refractivity contribution in [3.63, 3.8) is 0 Å². The molecule has 3 aromatic carbocycles. The number of rotatable bonds is 6. The van der Waals surface area contributed by atoms with E-state index >= 15 is 0 Å². The van der Waals surface area contributed by atoms with Gasteiger partial charge in [-0.1, -0.05) is 24.3 Å². The van der Waals surface area contributed by atoms with Crippen LogP contribution in [0.4, 0.5) is 0 Å². The molecule has 0 unspecified atom stereocenters. The minimum Gasteiger partial charge on any atom is -0.422 e. The average molecular weight is 595 g/mol. The van der Waals surface area contributed by atoms with E-state index in [1.54, 1.807) is 18.7 Å². The van der Waals surface area contributed by atoms with E-state index < -0.39 is 11.5 Å². The molecular weight excluding hydrogens is 573 g/mol. The highest BCUT2D eigenvalue weighted by Gasteiger charge is 2.19. The van der Waals surface area contributed by atoms with Crippen molar-refractivity contribution in [3.05, 3.63) is 103 Å². The fourth-order valence-electron chi connectivity index (χ4n) is 4.40. The van der Waals surface area contributed by atoms with Crippen molar-refractivity contribution < 1.29 is 9.21 Å². The molecule has 0 saturated heterocycles. The maximum absolute atomic E-state index is 12.5. The molecule has 2 aromatic heterocycles. The number of aromatic nitrogens is 2. The number of hydrogen-bond acceptors (Lipinski definition) is 5. The van der Waals surface area contributed by atoms with Crippen LogP contribution in [0.3, 0.4) is 0 Å². The van der Waals surface area contributed by atoms with Gasteiger partial charge in [-0.15, -0.1) is 11.8 Å². The molecule has 0 aliphatic heterocycles. The average Bonchev–Trinajstić information content (AvgIpc) is 3.13. The van der Waals surface area contributed by atoms with Gasteiger partial charge in [-0.2, -0.15) is 0 Å². The Morgan fingerprint density at radius 1 is 1.11 bits per heavy atom. The van der Waals surface area contributed by atoms with E-state index in [4.69, 9.17) is 15.1 Å². The summed E-state index contributed by atoms with van der Waals surface area (Å²) in [5.74, 6) is 0.111. The number of carbonyl (C=O) groups excluding carboxylic acids is 1. The quantitative estimate of drug-likeness (QED) is 0.159. The number of primary amides is 1. The van der Waals surface area contributed by atoms with Gasteiger partial charge in [0.15, 0.2) is 0 Å². The summed E-state index contributed by atoms with van der Waals surface area (Å²) in [7, 11) is 0. The zero-order chi connectivity index (χ0) is 24.7. The van der Waals surface area contributed by atoms with E-state index in [1.165, 1.54) is 10.5 Å². The third-order valence-electron chi connectivity index (χ3n) is 6.09. The van der Waals surface area contributed by atoms with Gasteiger partial charge in [0.25, 0.3) is 5.91 Å². The maximum atomic E-state index is 12.5. The first-order valence-corrected chi connectivity index (χ1v) is 13.3. The highest BCUT2D eigenvalue weighted by molar-refractivity contribution is 14.1. The Balaban J connectivity index is 1.72. The monoisotopic (exact) mass is 595 g/mol. The highest BCUT2D eigenvalue weighted by Crippen LogP contribution is 2.28. The zero-order valence-corrected chi connectivity index (χ0v) is 22.1. The van der Waals surface area contributed by atoms with Gasteiger partial charge in [0.1, 0.15) is 17.0 Å². The molecule has 0 atom stereocenters. The Morgan fingerprint density at radius 2 is 1.89 bits per heavy atom. The van der Waals surface area contributed by atoms with Gasteiger partial charge >= 0.3 is 5.63 Å². The molecule has 6 nitrogen and oxygen atoms in total. The fourth-order valence-corrected chi connectivity index (χ4v) is 5.49. The first-order valence-electron chi connectivity index (χ1n) is 11.0. The van der Waals surface area contributed by atoms with Crippen molar-refractivity contribution in [1.29, 1.82) is 0 Å². The lowest BCUT2D eigenvalue weighted by atomic mass is 10.1. The summed E-state index contributed by atoms with van der Waals surface area (Å²) in [5, 5.41) is 0.653. The number of carbonyl (C=O) groups is 1. The van der Waals surface area contributed by atoms with Gasteiger partial charge in [0.05, 0.1) is 11.0 Å². The standard InChI is InChI=1S/C27H22IN3O3S/c1-15-20-12-21-22(13-23(20)34-27(33)25(15)26(29)32)31(14-17-6-3-7-18(28)9-17)24(30-21)11-16-5-4-8-19(10-16)35-2/h3-10,12-13H,11,14H2,1-2H3,(H2,29,32). The van der Waals surface area contributed by atoms with Crippen LogP contribution in [0.1, 0.15) is 32.9 Å². The Hall–Kier alpha value is -3.11. The van der Waals surface area contributed by atoms with Crippen molar-refractivity contribution in [2.24, 2.45) is 5.73 Å². The summed E-state index contributed by atoms with van der Waals surface area (Å²) in [5.41, 5.74) is 9.45. The van der Waals surface area contributed by atoms with Gasteiger partial charge < -0.3 is 14.7 Å². The number of imidazole rings is 1. The van der Waals surface area contributed by atoms with Crippen LogP contribution in [0.2, 0.25) is 0 Å². The highest BCUT2D eigenvalue weighted by atomic mass is 127. The minimum atomic E-state index is -0.795. The minimum absolute atomic E-state index is 0.121. The lowest BCUT2D eigenvalue weighted by Gasteiger charge is -2.11. The maximum Gasteiger partial charge on any atom is 0.349 e. The molecule has 35 heavy (non-hydrogen) atoms. The molecule has 2 N–H and O–H groups in total. The lowest BCUT2D eigenvalue weighted by Crippen LogP contribution is -2.22. The van der Waals surface area contributed by atoms with Crippen LogP contribution in [-0.2, 0) is 13.0 Å². The molecule has 0 aliphatic rings. The van der Waals surface area contributed by atoms with Crippen molar-refractivity contribution in [1.82, 2.24) is 9.55 Å². The lowest BCUT2D eigenvalue weighted by molar-refractivity contribution is 0.0996. The molecule has 0 saturated carbocycles. The molecule has 5 rings (SSSR count). The second-order valence-electron chi connectivity index (χ2n) is 8.36. The number of aryl methyl sites for hydroxylation is 1. The number of halogens is 1. The van der Waals surface area contributed by atoms with Crippen molar-refractivity contribution >= 4 is 62.3 Å². The van der Waals surface area contributed by atoms with Crippen LogP contribution in [0.5, 0.6) is 0 Å². The Labute approximate surface area is 219 Å². The first-order chi connectivity index (χ1) is 16.8. The van der Waals surface area contributed by atoms with E-state index in [2.05, 4.69) is 75.9 Å². The summed E-state index contributed by atoms with van der Waals surface area (Å²) in [6.45, 7) is 2.34. The number of nitrogens with zero attached hydrogens (tertiary/aromatic N) is 2. The van der Waals surface area contributed by atoms with Gasteiger partial charge in [-0.25, -0.2) is 9.78 Å². The van der Waals surface area contributed by atoms with E-state index in [9.17, 15) is 9.59 Å². The number of fused-ring (bicyclic) bond motifs is 2. The number of nitrogens with two attached hydrogens (primary N) is 1. The second-order valence-corrected chi connectivity index (χ2v) is 10.5. The second kappa shape index (κ2) is 9.50. The normalized spacial score (nSPS) is 11.4. The zero-order valence-electron chi connectivity index (χ0n) is 19.2. The van der Waals surface area contributed by atoms with E-state index in [0.717, 1.165) is 26.0 Å². The van der Waals surface area contributed by atoms with Crippen molar-refractivity contribution in [2.75, 3.05) is 6.26 Å². The van der Waals surface area contributed by atoms with Crippen LogP contribution in [0.15, 0.2) is 74.8 Å². The van der Waals surface area contributed by atoms with Gasteiger partial charge in [0.2, 0.25) is 0 Å². The van der Waals surface area contributed by atoms with E-state index in [0.29, 0.717) is 29.5 Å². The summed E-state index contributed by atoms with van der Waals surface area (Å²) >= 11 is 4.02. The molecule has 2 heterocycles. The molecule has 0 bridgehead atoms. The third-order valence-corrected chi connectivity index (χ3v) is 7.48. The Bertz CT molecular complexity index is 1670. The van der Waals surface area contributed by atoms with Crippen molar-refractivity contribution in [3.8, 4) is 0 Å². The van der Waals surface area contributed by atoms with Crippen LogP contribution < -0.4 is 11.4 Å². The Morgan fingerprint density at radius 3 is 2.63 bits per heavy atom. The van der Waals surface area contributed by atoms with Crippen LogP contribution in [0, 0.1) is 10.5 Å². The topological polar surface area (TPSA) is 91.1 Å². The van der Waals surface area contributed by atoms with Gasteiger partial charge in [-0.3, -0.25) is 4.79 Å². The SMILES string of the molecule is CSc1cccc(Cc2nc3cc4c(C)c(C(N)=O)c(=O)oc4cc3n2Cc2cccc(I)c2)c1. The summed E-state index contributed by atoms with van der Waals surface area (Å²) in [4.78, 5) is 30.5. The third kappa shape index (κ3) is 4.60. The van der Waals surface area contributed by atoms with E-state index in [-0.39, 0.29) is 5.56 Å². The molecular formula is C27H22IN3O3S. The largest absolute Gasteiger partial charge is 0.422 e. The molecule has 0 radical (unpaired) electrons. The predicted molar refractivity (Wildman–Crippen MR) is 148 cm³/mol. The molecule has 0 spiro atoms. The van der Waals surface area contributed by atoms with Crippen LogP contribution >= 0.6 is 34.4 Å². The molecule has 0 aliphatic carbocycles. The molecule has 1 amide bonds. The summed E-state index contributed by atoms with van der Waals surface area (Å²) < 4.78 is 8.85. The number of thioether (sulfide) groups is 1. The molecule has 0 fully saturated rings. The van der Waals surface area contributed by atoms with Crippen LogP contribution in [-0.4, -0.2) is 21.7 Å². The fraction of sp³-hybridized carbons (Fsp3) is 0.148. The number of amides is 1. The summed E-state index contributed by atoms with van der Waals surface area (Å²) in [6.07, 6.45) is 2.71. The summed E-state index contributed by atoms with van der Waals surface area (Å²) in [6, 6.07) is 20.5. The number of benzene rings is 3.